The van der Waals surface area contributed by atoms with Crippen LogP contribution in [0, 0.1) is 0 Å². The summed E-state index contributed by atoms with van der Waals surface area (Å²) >= 11 is 3.22. The maximum atomic E-state index is 12.3. The number of methoxy groups -OCH3 is 1. The molecule has 2 aromatic carbocycles. The molecule has 0 saturated heterocycles. The number of para-hydroxylation sites is 1. The summed E-state index contributed by atoms with van der Waals surface area (Å²) < 4.78 is 32.8. The lowest BCUT2D eigenvalue weighted by molar-refractivity contribution is 0.409. The molecule has 2 rings (SSSR count). The van der Waals surface area contributed by atoms with Crippen molar-refractivity contribution in [1.29, 1.82) is 0 Å². The molecule has 0 unspecified atom stereocenters. The highest BCUT2D eigenvalue weighted by Crippen LogP contribution is 2.23. The number of halogens is 1. The Morgan fingerprint density at radius 3 is 2.62 bits per heavy atom. The third kappa shape index (κ3) is 3.75. The first-order valence-corrected chi connectivity index (χ1v) is 8.38. The number of nitrogen functional groups attached to an aromatic ring is 1. The molecule has 3 N–H and O–H groups in total. The van der Waals surface area contributed by atoms with Crippen molar-refractivity contribution in [2.45, 2.75) is 11.4 Å². The van der Waals surface area contributed by atoms with E-state index in [4.69, 9.17) is 10.5 Å². The molecule has 0 fully saturated rings. The molecule has 0 amide bonds. The van der Waals surface area contributed by atoms with Crippen molar-refractivity contribution in [2.24, 2.45) is 0 Å². The second kappa shape index (κ2) is 6.46. The second-order valence-electron chi connectivity index (χ2n) is 4.32. The minimum absolute atomic E-state index is 0.147. The van der Waals surface area contributed by atoms with Crippen LogP contribution < -0.4 is 15.2 Å². The first kappa shape index (κ1) is 15.8. The second-order valence-corrected chi connectivity index (χ2v) is 6.94. The van der Waals surface area contributed by atoms with Crippen molar-refractivity contribution in [1.82, 2.24) is 4.72 Å². The number of ether oxygens (including phenoxy) is 1. The van der Waals surface area contributed by atoms with E-state index in [1.165, 1.54) is 12.1 Å². The van der Waals surface area contributed by atoms with Crippen LogP contribution in [0.25, 0.3) is 0 Å². The first-order valence-electron chi connectivity index (χ1n) is 6.10. The standard InChI is InChI=1S/C14H15BrN2O3S/c1-20-14-5-3-2-4-10(14)9-17-21(18,19)11-6-7-13(16)12(15)8-11/h2-8,17H,9,16H2,1H3. The van der Waals surface area contributed by atoms with Crippen LogP contribution in [0.5, 0.6) is 5.75 Å². The monoisotopic (exact) mass is 370 g/mol. The number of hydrogen-bond acceptors (Lipinski definition) is 4. The number of hydrogen-bond donors (Lipinski definition) is 2. The van der Waals surface area contributed by atoms with E-state index in [1.54, 1.807) is 25.3 Å². The molecule has 0 aromatic heterocycles. The molecule has 0 heterocycles. The molecule has 2 aromatic rings. The summed E-state index contributed by atoms with van der Waals surface area (Å²) in [6.45, 7) is 0.147. The normalized spacial score (nSPS) is 11.3. The summed E-state index contributed by atoms with van der Waals surface area (Å²) in [6.07, 6.45) is 0. The lowest BCUT2D eigenvalue weighted by Crippen LogP contribution is -2.23. The lowest BCUT2D eigenvalue weighted by atomic mass is 10.2. The zero-order valence-corrected chi connectivity index (χ0v) is 13.7. The van der Waals surface area contributed by atoms with Crippen molar-refractivity contribution in [3.63, 3.8) is 0 Å². The van der Waals surface area contributed by atoms with Crippen molar-refractivity contribution in [2.75, 3.05) is 12.8 Å². The van der Waals surface area contributed by atoms with Crippen molar-refractivity contribution in [3.05, 3.63) is 52.5 Å². The van der Waals surface area contributed by atoms with Crippen molar-refractivity contribution >= 4 is 31.6 Å². The Morgan fingerprint density at radius 2 is 1.95 bits per heavy atom. The fourth-order valence-electron chi connectivity index (χ4n) is 1.78. The van der Waals surface area contributed by atoms with Gasteiger partial charge >= 0.3 is 0 Å². The molecule has 7 heteroatoms. The van der Waals surface area contributed by atoms with E-state index < -0.39 is 10.0 Å². The minimum atomic E-state index is -3.61. The molecule has 112 valence electrons. The summed E-state index contributed by atoms with van der Waals surface area (Å²) in [5, 5.41) is 0. The van der Waals surface area contributed by atoms with Crippen LogP contribution in [-0.2, 0) is 16.6 Å². The van der Waals surface area contributed by atoms with Gasteiger partial charge in [-0.3, -0.25) is 0 Å². The molecule has 21 heavy (non-hydrogen) atoms. The van der Waals surface area contributed by atoms with Gasteiger partial charge in [0, 0.05) is 22.3 Å². The molecule has 0 aliphatic rings. The topological polar surface area (TPSA) is 81.4 Å². The SMILES string of the molecule is COc1ccccc1CNS(=O)(=O)c1ccc(N)c(Br)c1. The van der Waals surface area contributed by atoms with Gasteiger partial charge in [-0.2, -0.15) is 0 Å². The van der Waals surface area contributed by atoms with E-state index in [0.29, 0.717) is 15.9 Å². The highest BCUT2D eigenvalue weighted by atomic mass is 79.9. The molecule has 0 radical (unpaired) electrons. The van der Waals surface area contributed by atoms with Crippen molar-refractivity contribution in [3.8, 4) is 5.75 Å². The van der Waals surface area contributed by atoms with E-state index in [0.717, 1.165) is 5.56 Å². The highest BCUT2D eigenvalue weighted by molar-refractivity contribution is 9.10. The zero-order chi connectivity index (χ0) is 15.5. The molecule has 0 aliphatic heterocycles. The zero-order valence-electron chi connectivity index (χ0n) is 11.3. The van der Waals surface area contributed by atoms with Gasteiger partial charge < -0.3 is 10.5 Å². The number of rotatable bonds is 5. The highest BCUT2D eigenvalue weighted by Gasteiger charge is 2.15. The summed E-state index contributed by atoms with van der Waals surface area (Å²) in [6, 6.07) is 11.7. The molecule has 0 atom stereocenters. The van der Waals surface area contributed by atoms with Gasteiger partial charge in [0.25, 0.3) is 0 Å². The van der Waals surface area contributed by atoms with Gasteiger partial charge in [-0.05, 0) is 40.2 Å². The van der Waals surface area contributed by atoms with E-state index in [2.05, 4.69) is 20.7 Å². The quantitative estimate of drug-likeness (QED) is 0.792. The maximum Gasteiger partial charge on any atom is 0.240 e. The van der Waals surface area contributed by atoms with E-state index in [9.17, 15) is 8.42 Å². The number of sulfonamides is 1. The van der Waals surface area contributed by atoms with Crippen LogP contribution in [-0.4, -0.2) is 15.5 Å². The summed E-state index contributed by atoms with van der Waals surface area (Å²) in [5.41, 5.74) is 6.90. The fourth-order valence-corrected chi connectivity index (χ4v) is 3.34. The maximum absolute atomic E-state index is 12.3. The van der Waals surface area contributed by atoms with Gasteiger partial charge in [-0.15, -0.1) is 0 Å². The van der Waals surface area contributed by atoms with Crippen LogP contribution in [0.2, 0.25) is 0 Å². The number of nitrogens with two attached hydrogens (primary N) is 1. The molecule has 0 saturated carbocycles. The van der Waals surface area contributed by atoms with Crippen LogP contribution in [0.3, 0.4) is 0 Å². The predicted molar refractivity (Wildman–Crippen MR) is 85.6 cm³/mol. The number of anilines is 1. The lowest BCUT2D eigenvalue weighted by Gasteiger charge is -2.10. The van der Waals surface area contributed by atoms with Crippen LogP contribution in [0.4, 0.5) is 5.69 Å². The average Bonchev–Trinajstić information content (AvgIpc) is 2.48. The Labute approximate surface area is 132 Å². The average molecular weight is 371 g/mol. The van der Waals surface area contributed by atoms with Gasteiger partial charge in [0.2, 0.25) is 10.0 Å². The molecule has 5 nitrogen and oxygen atoms in total. The van der Waals surface area contributed by atoms with Gasteiger partial charge in [-0.1, -0.05) is 18.2 Å². The Hall–Kier alpha value is -1.57. The first-order chi connectivity index (χ1) is 9.94. The van der Waals surface area contributed by atoms with Crippen molar-refractivity contribution < 1.29 is 13.2 Å². The van der Waals surface area contributed by atoms with E-state index >= 15 is 0 Å². The summed E-state index contributed by atoms with van der Waals surface area (Å²) in [4.78, 5) is 0.151. The molecule has 0 spiro atoms. The third-order valence-electron chi connectivity index (χ3n) is 2.93. The van der Waals surface area contributed by atoms with Gasteiger partial charge in [0.15, 0.2) is 0 Å². The fraction of sp³-hybridized carbons (Fsp3) is 0.143. The van der Waals surface area contributed by atoms with Crippen LogP contribution in [0.1, 0.15) is 5.56 Å². The predicted octanol–water partition coefficient (Wildman–Crippen LogP) is 2.52. The summed E-state index contributed by atoms with van der Waals surface area (Å²) in [5.74, 6) is 0.638. The largest absolute Gasteiger partial charge is 0.496 e. The Bertz CT molecular complexity index is 748. The van der Waals surface area contributed by atoms with Gasteiger partial charge in [0.1, 0.15) is 5.75 Å². The number of nitrogens with one attached hydrogen (secondary N) is 1. The van der Waals surface area contributed by atoms with Gasteiger partial charge in [0.05, 0.1) is 12.0 Å². The van der Waals surface area contributed by atoms with Gasteiger partial charge in [-0.25, -0.2) is 13.1 Å². The van der Waals surface area contributed by atoms with Crippen LogP contribution >= 0.6 is 15.9 Å². The number of benzene rings is 2. The van der Waals surface area contributed by atoms with E-state index in [-0.39, 0.29) is 11.4 Å². The Balaban J connectivity index is 2.20. The van der Waals surface area contributed by atoms with Crippen LogP contribution in [0.15, 0.2) is 51.8 Å². The molecular formula is C14H15BrN2O3S. The Kier molecular flexibility index (Phi) is 4.87. The van der Waals surface area contributed by atoms with E-state index in [1.807, 2.05) is 12.1 Å². The Morgan fingerprint density at radius 1 is 1.24 bits per heavy atom. The smallest absolute Gasteiger partial charge is 0.240 e. The minimum Gasteiger partial charge on any atom is -0.496 e. The molecular weight excluding hydrogens is 356 g/mol. The summed E-state index contributed by atoms with van der Waals surface area (Å²) in [7, 11) is -2.07. The third-order valence-corrected chi connectivity index (χ3v) is 5.01. The molecule has 0 bridgehead atoms. The molecule has 0 aliphatic carbocycles.